The molecular weight excluding hydrogens is 232 g/mol. The number of ketones is 1. The molecule has 13 heavy (non-hydrogen) atoms. The highest BCUT2D eigenvalue weighted by molar-refractivity contribution is 9.10. The number of halogens is 1. The molecule has 1 saturated heterocycles. The fourth-order valence-corrected chi connectivity index (χ4v) is 2.67. The van der Waals surface area contributed by atoms with E-state index in [2.05, 4.69) is 15.9 Å². The number of alkyl halides is 1. The number of rotatable bonds is 0. The molecule has 0 radical (unpaired) electrons. The lowest BCUT2D eigenvalue weighted by molar-refractivity contribution is -0.158. The summed E-state index contributed by atoms with van der Waals surface area (Å²) in [5, 5.41) is 0. The summed E-state index contributed by atoms with van der Waals surface area (Å²) in [6.07, 6.45) is 4.00. The predicted molar refractivity (Wildman–Crippen MR) is 53.9 cm³/mol. The van der Waals surface area contributed by atoms with Crippen LogP contribution in [0.1, 0.15) is 20.8 Å². The zero-order valence-corrected chi connectivity index (χ0v) is 9.59. The second kappa shape index (κ2) is 2.45. The molecule has 1 fully saturated rings. The van der Waals surface area contributed by atoms with E-state index in [1.54, 1.807) is 0 Å². The van der Waals surface area contributed by atoms with Gasteiger partial charge in [0.2, 0.25) is 0 Å². The summed E-state index contributed by atoms with van der Waals surface area (Å²) in [7, 11) is 0. The molecule has 2 rings (SSSR count). The van der Waals surface area contributed by atoms with Gasteiger partial charge in [-0.3, -0.25) is 4.79 Å². The normalized spacial score (nSPS) is 54.3. The second-order valence-corrected chi connectivity index (χ2v) is 5.21. The fraction of sp³-hybridized carbons (Fsp3) is 0.700. The Morgan fingerprint density at radius 1 is 1.38 bits per heavy atom. The molecule has 2 nitrogen and oxygen atoms in total. The molecule has 0 saturated carbocycles. The van der Waals surface area contributed by atoms with E-state index in [9.17, 15) is 4.79 Å². The zero-order chi connectivity index (χ0) is 9.85. The second-order valence-electron chi connectivity index (χ2n) is 4.29. The van der Waals surface area contributed by atoms with Crippen LogP contribution in [0.5, 0.6) is 0 Å². The minimum atomic E-state index is -0.446. The third-order valence-corrected chi connectivity index (χ3v) is 4.58. The van der Waals surface area contributed by atoms with Gasteiger partial charge in [0.05, 0.1) is 5.60 Å². The van der Waals surface area contributed by atoms with Crippen molar-refractivity contribution in [2.24, 2.45) is 5.92 Å². The summed E-state index contributed by atoms with van der Waals surface area (Å²) in [6, 6.07) is 0. The van der Waals surface area contributed by atoms with Crippen LogP contribution < -0.4 is 0 Å². The average molecular weight is 245 g/mol. The largest absolute Gasteiger partial charge is 0.359 e. The quantitative estimate of drug-likeness (QED) is 0.482. The molecule has 0 aromatic carbocycles. The Bertz CT molecular complexity index is 273. The van der Waals surface area contributed by atoms with Crippen molar-refractivity contribution in [3.8, 4) is 0 Å². The Labute approximate surface area is 86.5 Å². The third kappa shape index (κ3) is 1.07. The van der Waals surface area contributed by atoms with Gasteiger partial charge in [-0.05, 0) is 13.8 Å². The van der Waals surface area contributed by atoms with E-state index < -0.39 is 11.2 Å². The van der Waals surface area contributed by atoms with Crippen LogP contribution in [0.25, 0.3) is 0 Å². The van der Waals surface area contributed by atoms with Gasteiger partial charge >= 0.3 is 0 Å². The molecule has 0 aliphatic carbocycles. The van der Waals surface area contributed by atoms with E-state index in [0.717, 1.165) is 0 Å². The maximum Gasteiger partial charge on any atom is 0.155 e. The van der Waals surface area contributed by atoms with Gasteiger partial charge in [-0.25, -0.2) is 0 Å². The molecule has 2 bridgehead atoms. The van der Waals surface area contributed by atoms with Gasteiger partial charge < -0.3 is 4.74 Å². The molecule has 2 heterocycles. The summed E-state index contributed by atoms with van der Waals surface area (Å²) < 4.78 is 5.89. The number of carbonyl (C=O) groups excluding carboxylic acids is 1. The number of carbonyl (C=O) groups is 1. The lowest BCUT2D eigenvalue weighted by Gasteiger charge is -2.42. The van der Waals surface area contributed by atoms with E-state index in [-0.39, 0.29) is 16.5 Å². The number of fused-ring (bicyclic) bond motifs is 2. The molecule has 3 heteroatoms. The summed E-state index contributed by atoms with van der Waals surface area (Å²) in [5.41, 5.74) is -0.839. The van der Waals surface area contributed by atoms with Crippen LogP contribution in [0, 0.1) is 5.92 Å². The molecule has 0 aromatic rings. The van der Waals surface area contributed by atoms with Crippen LogP contribution in [0.15, 0.2) is 12.2 Å². The average Bonchev–Trinajstić information content (AvgIpc) is 2.38. The Balaban J connectivity index is 2.46. The van der Waals surface area contributed by atoms with Crippen molar-refractivity contribution in [2.75, 3.05) is 0 Å². The highest BCUT2D eigenvalue weighted by Gasteiger charge is 2.55. The molecule has 4 atom stereocenters. The molecule has 72 valence electrons. The number of hydrogen-bond acceptors (Lipinski definition) is 2. The number of Topliss-reactive ketones (excluding diaryl/α,β-unsaturated/α-hetero) is 1. The van der Waals surface area contributed by atoms with Crippen molar-refractivity contribution >= 4 is 21.7 Å². The zero-order valence-electron chi connectivity index (χ0n) is 8.00. The van der Waals surface area contributed by atoms with Gasteiger partial charge in [0.15, 0.2) is 5.78 Å². The summed E-state index contributed by atoms with van der Waals surface area (Å²) in [4.78, 5) is 11.6. The molecule has 2 aliphatic heterocycles. The van der Waals surface area contributed by atoms with Gasteiger partial charge in [-0.1, -0.05) is 35.0 Å². The molecule has 0 N–H and O–H groups in total. The maximum absolute atomic E-state index is 11.8. The van der Waals surface area contributed by atoms with E-state index in [1.807, 2.05) is 32.9 Å². The first-order valence-electron chi connectivity index (χ1n) is 4.47. The Hall–Kier alpha value is -0.150. The minimum Gasteiger partial charge on any atom is -0.359 e. The van der Waals surface area contributed by atoms with Crippen molar-refractivity contribution in [1.29, 1.82) is 0 Å². The van der Waals surface area contributed by atoms with E-state index in [4.69, 9.17) is 4.74 Å². The Morgan fingerprint density at radius 3 is 2.54 bits per heavy atom. The lowest BCUT2D eigenvalue weighted by Crippen LogP contribution is -2.55. The van der Waals surface area contributed by atoms with Gasteiger partial charge in [0, 0.05) is 5.92 Å². The highest BCUT2D eigenvalue weighted by atomic mass is 79.9. The van der Waals surface area contributed by atoms with Crippen molar-refractivity contribution in [3.63, 3.8) is 0 Å². The van der Waals surface area contributed by atoms with Crippen LogP contribution in [0.3, 0.4) is 0 Å². The molecule has 0 unspecified atom stereocenters. The van der Waals surface area contributed by atoms with E-state index in [0.29, 0.717) is 0 Å². The van der Waals surface area contributed by atoms with Crippen LogP contribution in [0.4, 0.5) is 0 Å². The van der Waals surface area contributed by atoms with Gasteiger partial charge in [-0.2, -0.15) is 0 Å². The highest BCUT2D eigenvalue weighted by Crippen LogP contribution is 2.46. The predicted octanol–water partition coefficient (Wildman–Crippen LogP) is 2.07. The molecule has 0 amide bonds. The van der Waals surface area contributed by atoms with Crippen LogP contribution in [0.2, 0.25) is 0 Å². The van der Waals surface area contributed by atoms with E-state index in [1.165, 1.54) is 0 Å². The number of hydrogen-bond donors (Lipinski definition) is 0. The van der Waals surface area contributed by atoms with Gasteiger partial charge in [0.25, 0.3) is 0 Å². The smallest absolute Gasteiger partial charge is 0.155 e. The third-order valence-electron chi connectivity index (χ3n) is 3.22. The standard InChI is InChI=1S/C10H13BrO2/c1-6-7(12)8(11)10(3)5-4-9(6,2)13-10/h4-6,8H,1-3H3/t6-,8-,9-,10+/m1/s1. The first kappa shape index (κ1) is 9.41. The van der Waals surface area contributed by atoms with E-state index >= 15 is 0 Å². The first-order chi connectivity index (χ1) is 5.89. The van der Waals surface area contributed by atoms with Crippen LogP contribution in [-0.2, 0) is 9.53 Å². The van der Waals surface area contributed by atoms with Crippen molar-refractivity contribution in [1.82, 2.24) is 0 Å². The molecule has 0 aromatic heterocycles. The number of ether oxygens (including phenoxy) is 1. The van der Waals surface area contributed by atoms with Crippen molar-refractivity contribution in [3.05, 3.63) is 12.2 Å². The van der Waals surface area contributed by atoms with Gasteiger partial charge in [-0.15, -0.1) is 0 Å². The topological polar surface area (TPSA) is 26.3 Å². The monoisotopic (exact) mass is 244 g/mol. The molecular formula is C10H13BrO2. The lowest BCUT2D eigenvalue weighted by atomic mass is 9.83. The fourth-order valence-electron chi connectivity index (χ4n) is 2.03. The Kier molecular flexibility index (Phi) is 1.77. The molecule has 0 spiro atoms. The Morgan fingerprint density at radius 2 is 1.92 bits per heavy atom. The summed E-state index contributed by atoms with van der Waals surface area (Å²) in [6.45, 7) is 5.83. The van der Waals surface area contributed by atoms with Crippen LogP contribution in [-0.4, -0.2) is 21.8 Å². The minimum absolute atomic E-state index is 0.0660. The molecule has 2 aliphatic rings. The van der Waals surface area contributed by atoms with Crippen molar-refractivity contribution in [2.45, 2.75) is 36.8 Å². The van der Waals surface area contributed by atoms with Crippen LogP contribution >= 0.6 is 15.9 Å². The van der Waals surface area contributed by atoms with Gasteiger partial charge in [0.1, 0.15) is 10.4 Å². The summed E-state index contributed by atoms with van der Waals surface area (Å²) >= 11 is 3.40. The maximum atomic E-state index is 11.8. The first-order valence-corrected chi connectivity index (χ1v) is 5.39. The van der Waals surface area contributed by atoms with Crippen molar-refractivity contribution < 1.29 is 9.53 Å². The SMILES string of the molecule is C[C@@H]1C(=O)[C@@H](Br)[C@]2(C)C=C[C@@]1(C)O2. The summed E-state index contributed by atoms with van der Waals surface area (Å²) in [5.74, 6) is 0.171.